The maximum absolute atomic E-state index is 13.0. The van der Waals surface area contributed by atoms with Gasteiger partial charge in [-0.25, -0.2) is 4.98 Å². The van der Waals surface area contributed by atoms with Gasteiger partial charge in [0, 0.05) is 25.2 Å². The third-order valence-corrected chi connectivity index (χ3v) is 5.03. The number of carbonyl (C=O) groups excluding carboxylic acids is 2. The molecule has 2 aromatic heterocycles. The lowest BCUT2D eigenvalue weighted by atomic mass is 9.90. The fraction of sp³-hybridized carbons (Fsp3) is 0.375. The number of nitrogens with one attached hydrogen (secondary N) is 2. The van der Waals surface area contributed by atoms with Crippen LogP contribution in [0.15, 0.2) is 54.7 Å². The molecule has 1 aromatic carbocycles. The first-order valence-electron chi connectivity index (χ1n) is 10.5. The number of imidazole rings is 1. The molecular formula is C24H30N4O2. The Kier molecular flexibility index (Phi) is 7.22. The molecule has 0 saturated heterocycles. The minimum atomic E-state index is -0.146. The summed E-state index contributed by atoms with van der Waals surface area (Å²) in [6.45, 7) is 7.42. The second-order valence-electron chi connectivity index (χ2n) is 7.95. The van der Waals surface area contributed by atoms with Crippen LogP contribution in [0.1, 0.15) is 54.9 Å². The predicted molar refractivity (Wildman–Crippen MR) is 119 cm³/mol. The van der Waals surface area contributed by atoms with Crippen LogP contribution in [0.4, 0.5) is 0 Å². The molecule has 0 spiro atoms. The number of hydrogen-bond donors (Lipinski definition) is 2. The van der Waals surface area contributed by atoms with Gasteiger partial charge in [0.15, 0.2) is 0 Å². The second-order valence-corrected chi connectivity index (χ2v) is 7.95. The standard InChI is InChI=1S/C24H30N4O2/c1-4-25-23(29)14-20-16-28-21(11-8-12-22(28)27-20)24(30)26-15-19(13-17(2)3)18-9-6-5-7-10-18/h5-12,16-17,19H,4,13-15H2,1-3H3,(H,25,29)(H,26,30). The average Bonchev–Trinajstić information content (AvgIpc) is 3.13. The normalized spacial score (nSPS) is 12.1. The number of carbonyl (C=O) groups is 2. The summed E-state index contributed by atoms with van der Waals surface area (Å²) in [4.78, 5) is 29.3. The molecule has 1 atom stereocenters. The zero-order valence-electron chi connectivity index (χ0n) is 17.9. The van der Waals surface area contributed by atoms with Gasteiger partial charge in [-0.15, -0.1) is 0 Å². The SMILES string of the molecule is CCNC(=O)Cc1cn2c(C(=O)NCC(CC(C)C)c3ccccc3)cccc2n1. The number of nitrogens with zero attached hydrogens (tertiary/aromatic N) is 2. The Bertz CT molecular complexity index is 995. The fourth-order valence-corrected chi connectivity index (χ4v) is 3.69. The summed E-state index contributed by atoms with van der Waals surface area (Å²) >= 11 is 0. The van der Waals surface area contributed by atoms with Crippen LogP contribution in [-0.4, -0.2) is 34.3 Å². The third kappa shape index (κ3) is 5.47. The lowest BCUT2D eigenvalue weighted by Crippen LogP contribution is -2.30. The second kappa shape index (κ2) is 10.1. The molecule has 0 saturated carbocycles. The molecule has 0 aliphatic carbocycles. The number of benzene rings is 1. The highest BCUT2D eigenvalue weighted by Gasteiger charge is 2.17. The first-order valence-corrected chi connectivity index (χ1v) is 10.5. The highest BCUT2D eigenvalue weighted by molar-refractivity contribution is 5.93. The highest BCUT2D eigenvalue weighted by atomic mass is 16.2. The van der Waals surface area contributed by atoms with E-state index in [1.165, 1.54) is 5.56 Å². The lowest BCUT2D eigenvalue weighted by Gasteiger charge is -2.20. The van der Waals surface area contributed by atoms with Crippen LogP contribution in [0.2, 0.25) is 0 Å². The number of rotatable bonds is 9. The highest BCUT2D eigenvalue weighted by Crippen LogP contribution is 2.23. The smallest absolute Gasteiger partial charge is 0.268 e. The monoisotopic (exact) mass is 406 g/mol. The van der Waals surface area contributed by atoms with E-state index in [-0.39, 0.29) is 24.2 Å². The number of aromatic nitrogens is 2. The van der Waals surface area contributed by atoms with Crippen molar-refractivity contribution in [2.75, 3.05) is 13.1 Å². The molecule has 6 nitrogen and oxygen atoms in total. The quantitative estimate of drug-likeness (QED) is 0.570. The van der Waals surface area contributed by atoms with Gasteiger partial charge in [0.05, 0.1) is 12.1 Å². The molecule has 0 aliphatic heterocycles. The van der Waals surface area contributed by atoms with E-state index in [1.54, 1.807) is 16.7 Å². The summed E-state index contributed by atoms with van der Waals surface area (Å²) in [6.07, 6.45) is 2.96. The predicted octanol–water partition coefficient (Wildman–Crippen LogP) is 3.57. The van der Waals surface area contributed by atoms with E-state index in [0.717, 1.165) is 6.42 Å². The molecule has 0 radical (unpaired) electrons. The van der Waals surface area contributed by atoms with Gasteiger partial charge >= 0.3 is 0 Å². The van der Waals surface area contributed by atoms with E-state index in [0.29, 0.717) is 36.0 Å². The molecule has 3 rings (SSSR count). The Hall–Kier alpha value is -3.15. The molecule has 2 N–H and O–H groups in total. The zero-order valence-corrected chi connectivity index (χ0v) is 17.9. The first-order chi connectivity index (χ1) is 14.5. The summed E-state index contributed by atoms with van der Waals surface area (Å²) in [7, 11) is 0. The number of hydrogen-bond acceptors (Lipinski definition) is 3. The van der Waals surface area contributed by atoms with Gasteiger partial charge < -0.3 is 10.6 Å². The van der Waals surface area contributed by atoms with Crippen molar-refractivity contribution in [3.63, 3.8) is 0 Å². The van der Waals surface area contributed by atoms with E-state index in [2.05, 4.69) is 41.6 Å². The number of pyridine rings is 1. The molecular weight excluding hydrogens is 376 g/mol. The van der Waals surface area contributed by atoms with Gasteiger partial charge in [0.25, 0.3) is 5.91 Å². The first kappa shape index (κ1) is 21.6. The van der Waals surface area contributed by atoms with Crippen molar-refractivity contribution in [3.05, 3.63) is 71.7 Å². The summed E-state index contributed by atoms with van der Waals surface area (Å²) in [5, 5.41) is 5.87. The van der Waals surface area contributed by atoms with Crippen LogP contribution in [0.3, 0.4) is 0 Å². The molecule has 3 aromatic rings. The van der Waals surface area contributed by atoms with Gasteiger partial charge in [-0.3, -0.25) is 14.0 Å². The van der Waals surface area contributed by atoms with Crippen molar-refractivity contribution < 1.29 is 9.59 Å². The van der Waals surface area contributed by atoms with Crippen molar-refractivity contribution in [1.29, 1.82) is 0 Å². The maximum Gasteiger partial charge on any atom is 0.268 e. The van der Waals surface area contributed by atoms with Gasteiger partial charge in [-0.2, -0.15) is 0 Å². The molecule has 6 heteroatoms. The molecule has 0 bridgehead atoms. The van der Waals surface area contributed by atoms with Gasteiger partial charge in [0.2, 0.25) is 5.91 Å². The fourth-order valence-electron chi connectivity index (χ4n) is 3.69. The van der Waals surface area contributed by atoms with E-state index < -0.39 is 0 Å². The molecule has 2 amide bonds. The lowest BCUT2D eigenvalue weighted by molar-refractivity contribution is -0.120. The molecule has 0 fully saturated rings. The average molecular weight is 407 g/mol. The van der Waals surface area contributed by atoms with Crippen molar-refractivity contribution in [1.82, 2.24) is 20.0 Å². The number of likely N-dealkylation sites (N-methyl/N-ethyl adjacent to an activating group) is 1. The summed E-state index contributed by atoms with van der Waals surface area (Å²) in [5.41, 5.74) is 3.04. The van der Waals surface area contributed by atoms with Gasteiger partial charge in [-0.05, 0) is 37.0 Å². The van der Waals surface area contributed by atoms with Crippen LogP contribution in [0.5, 0.6) is 0 Å². The molecule has 2 heterocycles. The Morgan fingerprint density at radius 3 is 2.50 bits per heavy atom. The summed E-state index contributed by atoms with van der Waals surface area (Å²) in [6, 6.07) is 15.7. The van der Waals surface area contributed by atoms with Crippen LogP contribution < -0.4 is 10.6 Å². The van der Waals surface area contributed by atoms with E-state index >= 15 is 0 Å². The Labute approximate surface area is 177 Å². The largest absolute Gasteiger partial charge is 0.356 e. The Morgan fingerprint density at radius 2 is 1.80 bits per heavy atom. The van der Waals surface area contributed by atoms with E-state index in [1.807, 2.05) is 37.3 Å². The van der Waals surface area contributed by atoms with Crippen LogP contribution in [0, 0.1) is 5.92 Å². The van der Waals surface area contributed by atoms with Crippen LogP contribution >= 0.6 is 0 Å². The van der Waals surface area contributed by atoms with Gasteiger partial charge in [-0.1, -0.05) is 50.2 Å². The van der Waals surface area contributed by atoms with Gasteiger partial charge in [0.1, 0.15) is 11.3 Å². The minimum absolute atomic E-state index is 0.0775. The van der Waals surface area contributed by atoms with Crippen LogP contribution in [0.25, 0.3) is 5.65 Å². The molecule has 1 unspecified atom stereocenters. The number of amides is 2. The minimum Gasteiger partial charge on any atom is -0.356 e. The van der Waals surface area contributed by atoms with E-state index in [4.69, 9.17) is 0 Å². The topological polar surface area (TPSA) is 75.5 Å². The molecule has 158 valence electrons. The van der Waals surface area contributed by atoms with E-state index in [9.17, 15) is 9.59 Å². The summed E-state index contributed by atoms with van der Waals surface area (Å²) in [5.74, 6) is 0.560. The van der Waals surface area contributed by atoms with Crippen molar-refractivity contribution >= 4 is 17.5 Å². The maximum atomic E-state index is 13.0. The number of fused-ring (bicyclic) bond motifs is 1. The van der Waals surface area contributed by atoms with Crippen molar-refractivity contribution in [3.8, 4) is 0 Å². The van der Waals surface area contributed by atoms with Crippen molar-refractivity contribution in [2.45, 2.75) is 39.5 Å². The molecule has 0 aliphatic rings. The third-order valence-electron chi connectivity index (χ3n) is 5.03. The zero-order chi connectivity index (χ0) is 21.5. The Balaban J connectivity index is 1.75. The van der Waals surface area contributed by atoms with Crippen LogP contribution in [-0.2, 0) is 11.2 Å². The van der Waals surface area contributed by atoms with Crippen molar-refractivity contribution in [2.24, 2.45) is 5.92 Å². The Morgan fingerprint density at radius 1 is 1.03 bits per heavy atom. The molecule has 30 heavy (non-hydrogen) atoms. The summed E-state index contributed by atoms with van der Waals surface area (Å²) < 4.78 is 1.75.